The standard InChI is InChI=1S/C12H16FNO4/c1-3-18-12(16)10(13)11(14)8-6-7(17-2)4-5-9(8)15/h4-6,10-11,15H,3,14H2,1-2H3/t10?,11-/m0/s1. The molecular weight excluding hydrogens is 241 g/mol. The topological polar surface area (TPSA) is 81.8 Å². The van der Waals surface area contributed by atoms with Gasteiger partial charge in [0.15, 0.2) is 0 Å². The third-order valence-electron chi connectivity index (χ3n) is 2.42. The minimum Gasteiger partial charge on any atom is -0.508 e. The van der Waals surface area contributed by atoms with Gasteiger partial charge in [0.2, 0.25) is 6.17 Å². The van der Waals surface area contributed by atoms with Crippen LogP contribution in [-0.4, -0.2) is 31.0 Å². The van der Waals surface area contributed by atoms with Crippen molar-refractivity contribution in [1.29, 1.82) is 0 Å². The molecule has 1 aromatic rings. The predicted molar refractivity (Wildman–Crippen MR) is 63.1 cm³/mol. The highest BCUT2D eigenvalue weighted by Crippen LogP contribution is 2.30. The number of rotatable bonds is 5. The number of ether oxygens (including phenoxy) is 2. The molecule has 0 bridgehead atoms. The van der Waals surface area contributed by atoms with Gasteiger partial charge in [0.1, 0.15) is 11.5 Å². The van der Waals surface area contributed by atoms with E-state index in [1.165, 1.54) is 25.3 Å². The number of hydrogen-bond acceptors (Lipinski definition) is 5. The molecular formula is C12H16FNO4. The normalized spacial score (nSPS) is 13.8. The maximum Gasteiger partial charge on any atom is 0.342 e. The summed E-state index contributed by atoms with van der Waals surface area (Å²) in [6.07, 6.45) is -2.04. The zero-order valence-corrected chi connectivity index (χ0v) is 10.2. The second kappa shape index (κ2) is 6.20. The summed E-state index contributed by atoms with van der Waals surface area (Å²) in [6, 6.07) is 2.90. The second-order valence-electron chi connectivity index (χ2n) is 3.60. The number of aromatic hydroxyl groups is 1. The minimum atomic E-state index is -2.04. The number of benzene rings is 1. The summed E-state index contributed by atoms with van der Waals surface area (Å²) in [5, 5.41) is 9.61. The number of halogens is 1. The van der Waals surface area contributed by atoms with Crippen LogP contribution in [-0.2, 0) is 9.53 Å². The average molecular weight is 257 g/mol. The first-order valence-corrected chi connectivity index (χ1v) is 5.44. The Morgan fingerprint density at radius 3 is 2.78 bits per heavy atom. The van der Waals surface area contributed by atoms with Gasteiger partial charge in [-0.3, -0.25) is 0 Å². The summed E-state index contributed by atoms with van der Waals surface area (Å²) in [6.45, 7) is 1.63. The van der Waals surface area contributed by atoms with E-state index in [1.54, 1.807) is 6.92 Å². The third-order valence-corrected chi connectivity index (χ3v) is 2.42. The maximum absolute atomic E-state index is 13.7. The lowest BCUT2D eigenvalue weighted by Gasteiger charge is -2.17. The molecule has 1 rings (SSSR count). The summed E-state index contributed by atoms with van der Waals surface area (Å²) < 4.78 is 23.2. The van der Waals surface area contributed by atoms with Crippen LogP contribution >= 0.6 is 0 Å². The van der Waals surface area contributed by atoms with Gasteiger partial charge in [-0.2, -0.15) is 0 Å². The van der Waals surface area contributed by atoms with Gasteiger partial charge in [-0.25, -0.2) is 9.18 Å². The smallest absolute Gasteiger partial charge is 0.342 e. The first kappa shape index (κ1) is 14.2. The number of hydrogen-bond donors (Lipinski definition) is 2. The lowest BCUT2D eigenvalue weighted by molar-refractivity contribution is -0.149. The van der Waals surface area contributed by atoms with E-state index in [-0.39, 0.29) is 17.9 Å². The Balaban J connectivity index is 2.95. The fourth-order valence-electron chi connectivity index (χ4n) is 1.45. The van der Waals surface area contributed by atoms with E-state index >= 15 is 0 Å². The van der Waals surface area contributed by atoms with Gasteiger partial charge in [0, 0.05) is 5.56 Å². The van der Waals surface area contributed by atoms with Gasteiger partial charge in [0.05, 0.1) is 19.8 Å². The molecule has 5 nitrogen and oxygen atoms in total. The van der Waals surface area contributed by atoms with Crippen molar-refractivity contribution in [3.63, 3.8) is 0 Å². The van der Waals surface area contributed by atoms with Crippen molar-refractivity contribution in [2.45, 2.75) is 19.1 Å². The molecule has 18 heavy (non-hydrogen) atoms. The van der Waals surface area contributed by atoms with Crippen molar-refractivity contribution < 1.29 is 23.8 Å². The van der Waals surface area contributed by atoms with Crippen LogP contribution in [0.1, 0.15) is 18.5 Å². The van der Waals surface area contributed by atoms with Gasteiger partial charge in [-0.1, -0.05) is 0 Å². The van der Waals surface area contributed by atoms with Crippen molar-refractivity contribution in [1.82, 2.24) is 0 Å². The lowest BCUT2D eigenvalue weighted by atomic mass is 10.0. The molecule has 1 aromatic carbocycles. The van der Waals surface area contributed by atoms with E-state index in [1.807, 2.05) is 0 Å². The van der Waals surface area contributed by atoms with Crippen molar-refractivity contribution in [2.75, 3.05) is 13.7 Å². The van der Waals surface area contributed by atoms with Crippen LogP contribution in [0.25, 0.3) is 0 Å². The van der Waals surface area contributed by atoms with Crippen molar-refractivity contribution in [3.8, 4) is 11.5 Å². The van der Waals surface area contributed by atoms with E-state index in [9.17, 15) is 14.3 Å². The highest BCUT2D eigenvalue weighted by Gasteiger charge is 2.29. The molecule has 0 aliphatic heterocycles. The number of methoxy groups -OCH3 is 1. The largest absolute Gasteiger partial charge is 0.508 e. The summed E-state index contributed by atoms with van der Waals surface area (Å²) in [4.78, 5) is 11.2. The molecule has 1 unspecified atom stereocenters. The SMILES string of the molecule is CCOC(=O)C(F)[C@@H](N)c1cc(OC)ccc1O. The highest BCUT2D eigenvalue weighted by atomic mass is 19.1. The van der Waals surface area contributed by atoms with Gasteiger partial charge >= 0.3 is 5.97 Å². The molecule has 0 aliphatic rings. The molecule has 2 atom stereocenters. The molecule has 0 saturated heterocycles. The predicted octanol–water partition coefficient (Wildman–Crippen LogP) is 1.30. The quantitative estimate of drug-likeness (QED) is 0.777. The van der Waals surface area contributed by atoms with Crippen LogP contribution in [0.5, 0.6) is 11.5 Å². The van der Waals surface area contributed by atoms with E-state index in [0.717, 1.165) is 0 Å². The molecule has 0 saturated carbocycles. The molecule has 0 radical (unpaired) electrons. The maximum atomic E-state index is 13.7. The Morgan fingerprint density at radius 1 is 1.56 bits per heavy atom. The van der Waals surface area contributed by atoms with E-state index < -0.39 is 18.2 Å². The number of phenolic OH excluding ortho intramolecular Hbond substituents is 1. The van der Waals surface area contributed by atoms with Crippen molar-refractivity contribution in [2.24, 2.45) is 5.73 Å². The first-order valence-electron chi connectivity index (χ1n) is 5.44. The fourth-order valence-corrected chi connectivity index (χ4v) is 1.45. The summed E-state index contributed by atoms with van der Waals surface area (Å²) in [7, 11) is 1.43. The summed E-state index contributed by atoms with van der Waals surface area (Å²) in [5.74, 6) is -0.836. The Hall–Kier alpha value is -1.82. The minimum absolute atomic E-state index is 0.0655. The molecule has 0 heterocycles. The molecule has 0 fully saturated rings. The average Bonchev–Trinajstić information content (AvgIpc) is 2.38. The molecule has 0 aliphatic carbocycles. The number of carbonyl (C=O) groups is 1. The number of phenols is 1. The molecule has 100 valence electrons. The highest BCUT2D eigenvalue weighted by molar-refractivity contribution is 5.76. The molecule has 3 N–H and O–H groups in total. The number of esters is 1. The Morgan fingerprint density at radius 2 is 2.22 bits per heavy atom. The Labute approximate surface area is 104 Å². The van der Waals surface area contributed by atoms with Crippen molar-refractivity contribution >= 4 is 5.97 Å². The number of alkyl halides is 1. The Kier molecular flexibility index (Phi) is 4.91. The van der Waals surface area contributed by atoms with E-state index in [0.29, 0.717) is 5.75 Å². The van der Waals surface area contributed by atoms with E-state index in [4.69, 9.17) is 10.5 Å². The Bertz CT molecular complexity index is 425. The van der Waals surface area contributed by atoms with Crippen LogP contribution < -0.4 is 10.5 Å². The lowest BCUT2D eigenvalue weighted by Crippen LogP contribution is -2.31. The van der Waals surface area contributed by atoms with Gasteiger partial charge in [-0.15, -0.1) is 0 Å². The van der Waals surface area contributed by atoms with E-state index in [2.05, 4.69) is 4.74 Å². The van der Waals surface area contributed by atoms with Gasteiger partial charge < -0.3 is 20.3 Å². The first-order chi connectivity index (χ1) is 8.51. The zero-order chi connectivity index (χ0) is 13.7. The summed E-state index contributed by atoms with van der Waals surface area (Å²) >= 11 is 0. The summed E-state index contributed by atoms with van der Waals surface area (Å²) in [5.41, 5.74) is 5.70. The monoisotopic (exact) mass is 257 g/mol. The van der Waals surface area contributed by atoms with Crippen LogP contribution in [0.15, 0.2) is 18.2 Å². The van der Waals surface area contributed by atoms with Gasteiger partial charge in [0.25, 0.3) is 0 Å². The second-order valence-corrected chi connectivity index (χ2v) is 3.60. The van der Waals surface area contributed by atoms with Gasteiger partial charge in [-0.05, 0) is 25.1 Å². The zero-order valence-electron chi connectivity index (χ0n) is 10.2. The number of carbonyl (C=O) groups excluding carboxylic acids is 1. The molecule has 0 amide bonds. The van der Waals surface area contributed by atoms with Crippen LogP contribution in [0.2, 0.25) is 0 Å². The molecule has 6 heteroatoms. The fraction of sp³-hybridized carbons (Fsp3) is 0.417. The van der Waals surface area contributed by atoms with Crippen LogP contribution in [0, 0.1) is 0 Å². The van der Waals surface area contributed by atoms with Crippen molar-refractivity contribution in [3.05, 3.63) is 23.8 Å². The third kappa shape index (κ3) is 3.10. The number of nitrogens with two attached hydrogens (primary N) is 1. The molecule has 0 aromatic heterocycles. The van der Waals surface area contributed by atoms with Crippen LogP contribution in [0.4, 0.5) is 4.39 Å². The molecule has 0 spiro atoms. The van der Waals surface area contributed by atoms with Crippen LogP contribution in [0.3, 0.4) is 0 Å².